The van der Waals surface area contributed by atoms with Crippen molar-refractivity contribution in [2.24, 2.45) is 11.8 Å². The molecule has 35 heavy (non-hydrogen) atoms. The summed E-state index contributed by atoms with van der Waals surface area (Å²) in [5.41, 5.74) is 5.47. The Kier molecular flexibility index (Phi) is 9.28. The zero-order valence-electron chi connectivity index (χ0n) is 20.6. The number of aromatic amines is 1. The van der Waals surface area contributed by atoms with Gasteiger partial charge in [0.25, 0.3) is 11.5 Å². The summed E-state index contributed by atoms with van der Waals surface area (Å²) in [6, 6.07) is 9.17. The van der Waals surface area contributed by atoms with Crippen LogP contribution in [0.15, 0.2) is 39.9 Å². The fourth-order valence-electron chi connectivity index (χ4n) is 4.73. The summed E-state index contributed by atoms with van der Waals surface area (Å²) >= 11 is 0. The topological polar surface area (TPSA) is 127 Å². The molecule has 2 aromatic rings. The van der Waals surface area contributed by atoms with Gasteiger partial charge in [0.1, 0.15) is 5.82 Å². The second-order valence-corrected chi connectivity index (χ2v) is 9.17. The molecule has 0 spiro atoms. The van der Waals surface area contributed by atoms with E-state index in [9.17, 15) is 19.2 Å². The number of unbranched alkanes of at least 4 members (excludes halogenated alkanes) is 1. The number of nitrogen functional groups attached to an aromatic ring is 1. The van der Waals surface area contributed by atoms with Crippen molar-refractivity contribution in [1.82, 2.24) is 9.55 Å². The fraction of sp³-hybridized carbons (Fsp3) is 0.538. The van der Waals surface area contributed by atoms with E-state index in [1.165, 1.54) is 23.8 Å². The molecular formula is C26H36N4O5. The number of nitrogens with one attached hydrogen (secondary N) is 1. The van der Waals surface area contributed by atoms with Crippen LogP contribution in [0.5, 0.6) is 0 Å². The molecule has 1 fully saturated rings. The normalized spacial score (nSPS) is 17.7. The molecule has 1 amide bonds. The lowest BCUT2D eigenvalue weighted by atomic mass is 9.80. The summed E-state index contributed by atoms with van der Waals surface area (Å²) in [5, 5.41) is 0. The van der Waals surface area contributed by atoms with Crippen LogP contribution in [-0.2, 0) is 20.9 Å². The van der Waals surface area contributed by atoms with Gasteiger partial charge in [-0.15, -0.1) is 0 Å². The van der Waals surface area contributed by atoms with Crippen LogP contribution in [0, 0.1) is 11.8 Å². The highest BCUT2D eigenvalue weighted by atomic mass is 16.5. The molecular weight excluding hydrogens is 448 g/mol. The number of hydrogen-bond acceptors (Lipinski definition) is 6. The minimum atomic E-state index is -0.760. The number of H-pyrrole nitrogens is 1. The number of esters is 1. The Morgan fingerprint density at radius 2 is 1.80 bits per heavy atom. The summed E-state index contributed by atoms with van der Waals surface area (Å²) in [6.07, 6.45) is 7.14. The fourth-order valence-corrected chi connectivity index (χ4v) is 4.73. The van der Waals surface area contributed by atoms with Crippen LogP contribution in [0.1, 0.15) is 64.4 Å². The maximum absolute atomic E-state index is 12.9. The second kappa shape index (κ2) is 12.4. The molecule has 0 atom stereocenters. The van der Waals surface area contributed by atoms with Gasteiger partial charge < -0.3 is 15.4 Å². The summed E-state index contributed by atoms with van der Waals surface area (Å²) in [4.78, 5) is 54.0. The Labute approximate surface area is 205 Å². The quantitative estimate of drug-likeness (QED) is 0.499. The van der Waals surface area contributed by atoms with Gasteiger partial charge in [0.05, 0.1) is 12.5 Å². The molecule has 1 aromatic heterocycles. The number of anilines is 2. The number of rotatable bonds is 10. The number of nitrogens with two attached hydrogens (primary N) is 1. The zero-order valence-corrected chi connectivity index (χ0v) is 20.6. The van der Waals surface area contributed by atoms with Crippen LogP contribution >= 0.6 is 0 Å². The highest BCUT2D eigenvalue weighted by Crippen LogP contribution is 2.32. The van der Waals surface area contributed by atoms with Gasteiger partial charge in [-0.1, -0.05) is 56.5 Å². The Balaban J connectivity index is 1.67. The minimum Gasteiger partial charge on any atom is -0.455 e. The molecule has 3 N–H and O–H groups in total. The van der Waals surface area contributed by atoms with Crippen molar-refractivity contribution in [2.75, 3.05) is 23.8 Å². The van der Waals surface area contributed by atoms with Crippen molar-refractivity contribution >= 4 is 23.4 Å². The SMILES string of the molecule is CCCCC1CCC(C(=O)OCC(=O)N(CC)c2c(N)n(Cc3ccccc3)c(=O)[nH]c2=O)CC1. The molecule has 1 aliphatic rings. The van der Waals surface area contributed by atoms with Crippen molar-refractivity contribution < 1.29 is 14.3 Å². The molecule has 9 nitrogen and oxygen atoms in total. The maximum Gasteiger partial charge on any atom is 0.330 e. The molecule has 3 rings (SSSR count). The van der Waals surface area contributed by atoms with Gasteiger partial charge in [0.2, 0.25) is 0 Å². The summed E-state index contributed by atoms with van der Waals surface area (Å²) in [6.45, 7) is 3.63. The van der Waals surface area contributed by atoms with Crippen molar-refractivity contribution in [3.05, 3.63) is 56.7 Å². The van der Waals surface area contributed by atoms with Crippen LogP contribution in [0.25, 0.3) is 0 Å². The largest absolute Gasteiger partial charge is 0.455 e. The van der Waals surface area contributed by atoms with Gasteiger partial charge in [-0.3, -0.25) is 23.9 Å². The van der Waals surface area contributed by atoms with Crippen LogP contribution in [0.3, 0.4) is 0 Å². The number of carbonyl (C=O) groups excluding carboxylic acids is 2. The van der Waals surface area contributed by atoms with Crippen LogP contribution in [-0.4, -0.2) is 34.6 Å². The lowest BCUT2D eigenvalue weighted by molar-refractivity contribution is -0.153. The van der Waals surface area contributed by atoms with E-state index in [4.69, 9.17) is 10.5 Å². The lowest BCUT2D eigenvalue weighted by Gasteiger charge is -2.27. The van der Waals surface area contributed by atoms with Crippen molar-refractivity contribution in [3.63, 3.8) is 0 Å². The Bertz CT molecular complexity index is 1120. The van der Waals surface area contributed by atoms with Gasteiger partial charge in [-0.05, 0) is 44.1 Å². The molecule has 0 saturated heterocycles. The van der Waals surface area contributed by atoms with E-state index in [2.05, 4.69) is 11.9 Å². The molecule has 1 aliphatic carbocycles. The molecule has 9 heteroatoms. The van der Waals surface area contributed by atoms with Crippen molar-refractivity contribution in [1.29, 1.82) is 0 Å². The highest BCUT2D eigenvalue weighted by Gasteiger charge is 2.29. The first kappa shape index (κ1) is 26.2. The smallest absolute Gasteiger partial charge is 0.330 e. The molecule has 1 heterocycles. The summed E-state index contributed by atoms with van der Waals surface area (Å²) in [7, 11) is 0. The predicted molar refractivity (Wildman–Crippen MR) is 135 cm³/mol. The van der Waals surface area contributed by atoms with E-state index < -0.39 is 23.8 Å². The van der Waals surface area contributed by atoms with E-state index in [0.717, 1.165) is 36.1 Å². The van der Waals surface area contributed by atoms with Crippen LogP contribution in [0.4, 0.5) is 11.5 Å². The average molecular weight is 485 g/mol. The van der Waals surface area contributed by atoms with E-state index in [1.807, 2.05) is 30.3 Å². The number of hydrogen-bond donors (Lipinski definition) is 2. The van der Waals surface area contributed by atoms with Crippen LogP contribution < -0.4 is 21.9 Å². The van der Waals surface area contributed by atoms with Gasteiger partial charge in [0.15, 0.2) is 12.3 Å². The maximum atomic E-state index is 12.9. The molecule has 0 bridgehead atoms. The number of carbonyl (C=O) groups is 2. The zero-order chi connectivity index (χ0) is 25.4. The third kappa shape index (κ3) is 6.61. The predicted octanol–water partition coefficient (Wildman–Crippen LogP) is 3.06. The third-order valence-electron chi connectivity index (χ3n) is 6.77. The number of nitrogens with zero attached hydrogens (tertiary/aromatic N) is 2. The standard InChI is InChI=1S/C26H36N4O5/c1-3-5-9-18-12-14-20(15-13-18)25(33)35-17-21(31)29(4-2)22-23(27)30(26(34)28-24(22)32)16-19-10-7-6-8-11-19/h6-8,10-11,18,20H,3-5,9,12-17,27H2,1-2H3,(H,28,32,34). The monoisotopic (exact) mass is 484 g/mol. The molecule has 190 valence electrons. The molecule has 0 radical (unpaired) electrons. The van der Waals surface area contributed by atoms with Crippen molar-refractivity contribution in [3.8, 4) is 0 Å². The first-order chi connectivity index (χ1) is 16.8. The van der Waals surface area contributed by atoms with Gasteiger partial charge in [0, 0.05) is 6.54 Å². The number of ether oxygens (including phenoxy) is 1. The first-order valence-corrected chi connectivity index (χ1v) is 12.5. The van der Waals surface area contributed by atoms with Gasteiger partial charge >= 0.3 is 11.7 Å². The van der Waals surface area contributed by atoms with Gasteiger partial charge in [-0.2, -0.15) is 0 Å². The second-order valence-electron chi connectivity index (χ2n) is 9.17. The summed E-state index contributed by atoms with van der Waals surface area (Å²) in [5.74, 6) is -0.595. The van der Waals surface area contributed by atoms with E-state index >= 15 is 0 Å². The minimum absolute atomic E-state index is 0.116. The van der Waals surface area contributed by atoms with E-state index in [-0.39, 0.29) is 36.5 Å². The number of likely N-dealkylation sites (N-methyl/N-ethyl adjacent to an activating group) is 1. The molecule has 0 aliphatic heterocycles. The van der Waals surface area contributed by atoms with Gasteiger partial charge in [-0.25, -0.2) is 4.79 Å². The van der Waals surface area contributed by atoms with E-state index in [0.29, 0.717) is 5.92 Å². The van der Waals surface area contributed by atoms with E-state index in [1.54, 1.807) is 6.92 Å². The number of aromatic nitrogens is 2. The third-order valence-corrected chi connectivity index (χ3v) is 6.77. The highest BCUT2D eigenvalue weighted by molar-refractivity contribution is 5.97. The Morgan fingerprint density at radius 1 is 1.11 bits per heavy atom. The molecule has 0 unspecified atom stereocenters. The van der Waals surface area contributed by atoms with Crippen molar-refractivity contribution in [2.45, 2.75) is 65.3 Å². The lowest BCUT2D eigenvalue weighted by Crippen LogP contribution is -2.43. The first-order valence-electron chi connectivity index (χ1n) is 12.5. The Morgan fingerprint density at radius 3 is 2.43 bits per heavy atom. The Hall–Kier alpha value is -3.36. The van der Waals surface area contributed by atoms with Crippen LogP contribution in [0.2, 0.25) is 0 Å². The number of amides is 1. The molecule has 1 aromatic carbocycles. The average Bonchev–Trinajstić information content (AvgIpc) is 2.87. The number of benzene rings is 1. The molecule has 1 saturated carbocycles. The summed E-state index contributed by atoms with van der Waals surface area (Å²) < 4.78 is 6.55.